The first kappa shape index (κ1) is 22.9. The summed E-state index contributed by atoms with van der Waals surface area (Å²) in [5.41, 5.74) is 3.90. The lowest BCUT2D eigenvalue weighted by Gasteiger charge is -2.39. The minimum atomic E-state index is -0.337. The van der Waals surface area contributed by atoms with Gasteiger partial charge in [-0.2, -0.15) is 0 Å². The fraction of sp³-hybridized carbons (Fsp3) is 0.500. The van der Waals surface area contributed by atoms with Gasteiger partial charge in [-0.3, -0.25) is 14.2 Å². The number of benzene rings is 1. The van der Waals surface area contributed by atoms with Crippen molar-refractivity contribution in [1.29, 1.82) is 0 Å². The number of piperazine rings is 1. The van der Waals surface area contributed by atoms with Crippen LogP contribution in [0.2, 0.25) is 0 Å². The third kappa shape index (κ3) is 4.43. The standard InChI is InChI=1S/C26H32N4O3S/c1-17-3-8-22(18(2)15-17)28-10-12-29(13-11-28)24(31)20-6-4-19(5-7-20)16-30-25(32)23-21(9-14-34-23)27-26(30)33/h3,8-9,14-15,19-20H,4-7,10-13,16H2,1-2H3,(H,27,33). The number of rotatable bonds is 4. The molecule has 1 saturated carbocycles. The highest BCUT2D eigenvalue weighted by atomic mass is 32.1. The minimum absolute atomic E-state index is 0.0543. The van der Waals surface area contributed by atoms with Gasteiger partial charge in [0.1, 0.15) is 4.70 Å². The summed E-state index contributed by atoms with van der Waals surface area (Å²) in [6.07, 6.45) is 3.39. The summed E-state index contributed by atoms with van der Waals surface area (Å²) < 4.78 is 1.95. The van der Waals surface area contributed by atoms with Crippen molar-refractivity contribution in [2.24, 2.45) is 11.8 Å². The Balaban J connectivity index is 1.15. The highest BCUT2D eigenvalue weighted by Crippen LogP contribution is 2.31. The maximum Gasteiger partial charge on any atom is 0.328 e. The summed E-state index contributed by atoms with van der Waals surface area (Å²) in [6.45, 7) is 7.94. The summed E-state index contributed by atoms with van der Waals surface area (Å²) in [5.74, 6) is 0.578. The zero-order valence-corrected chi connectivity index (χ0v) is 20.7. The SMILES string of the molecule is Cc1ccc(N2CCN(C(=O)C3CCC(Cn4c(=O)[nH]c5ccsc5c4=O)CC3)CC2)c(C)c1. The maximum absolute atomic E-state index is 13.2. The van der Waals surface area contributed by atoms with E-state index in [0.29, 0.717) is 16.8 Å². The normalized spacial score (nSPS) is 21.2. The van der Waals surface area contributed by atoms with E-state index < -0.39 is 0 Å². The number of hydrogen-bond donors (Lipinski definition) is 1. The number of amides is 1. The lowest BCUT2D eigenvalue weighted by molar-refractivity contribution is -0.137. The van der Waals surface area contributed by atoms with Gasteiger partial charge in [0.05, 0.1) is 5.52 Å². The van der Waals surface area contributed by atoms with Crippen molar-refractivity contribution in [3.05, 3.63) is 61.6 Å². The maximum atomic E-state index is 13.2. The summed E-state index contributed by atoms with van der Waals surface area (Å²) in [7, 11) is 0. The van der Waals surface area contributed by atoms with Crippen molar-refractivity contribution in [3.63, 3.8) is 0 Å². The average molecular weight is 481 g/mol. The van der Waals surface area contributed by atoms with Gasteiger partial charge in [-0.1, -0.05) is 17.7 Å². The summed E-state index contributed by atoms with van der Waals surface area (Å²) >= 11 is 1.36. The number of aryl methyl sites for hydroxylation is 2. The van der Waals surface area contributed by atoms with Gasteiger partial charge in [-0.15, -0.1) is 11.3 Å². The average Bonchev–Trinajstić information content (AvgIpc) is 3.30. The third-order valence-corrected chi connectivity index (χ3v) is 8.41. The zero-order valence-electron chi connectivity index (χ0n) is 19.9. The molecule has 0 bridgehead atoms. The number of hydrogen-bond acceptors (Lipinski definition) is 5. The number of aromatic amines is 1. The molecular formula is C26H32N4O3S. The van der Waals surface area contributed by atoms with Crippen molar-refractivity contribution in [3.8, 4) is 0 Å². The van der Waals surface area contributed by atoms with Crippen molar-refractivity contribution in [1.82, 2.24) is 14.5 Å². The Kier molecular flexibility index (Phi) is 6.34. The molecule has 1 amide bonds. The quantitative estimate of drug-likeness (QED) is 0.620. The lowest BCUT2D eigenvalue weighted by Crippen LogP contribution is -2.51. The Bertz CT molecular complexity index is 1310. The van der Waals surface area contributed by atoms with Crippen LogP contribution < -0.4 is 16.1 Å². The van der Waals surface area contributed by atoms with Crippen LogP contribution in [0.25, 0.3) is 10.2 Å². The van der Waals surface area contributed by atoms with Gasteiger partial charge < -0.3 is 14.8 Å². The van der Waals surface area contributed by atoms with Crippen LogP contribution in [0.3, 0.4) is 0 Å². The van der Waals surface area contributed by atoms with Crippen LogP contribution in [0.15, 0.2) is 39.2 Å². The molecule has 0 spiro atoms. The summed E-state index contributed by atoms with van der Waals surface area (Å²) in [4.78, 5) is 45.6. The number of carbonyl (C=O) groups is 1. The predicted octanol–water partition coefficient (Wildman–Crippen LogP) is 3.52. The van der Waals surface area contributed by atoms with Crippen molar-refractivity contribution in [2.75, 3.05) is 31.1 Å². The largest absolute Gasteiger partial charge is 0.368 e. The smallest absolute Gasteiger partial charge is 0.328 e. The topological polar surface area (TPSA) is 78.4 Å². The monoisotopic (exact) mass is 480 g/mol. The lowest BCUT2D eigenvalue weighted by atomic mass is 9.81. The molecule has 1 aliphatic carbocycles. The second kappa shape index (κ2) is 9.41. The van der Waals surface area contributed by atoms with Gasteiger partial charge in [0.2, 0.25) is 5.91 Å². The summed E-state index contributed by atoms with van der Waals surface area (Å²) in [5, 5.41) is 1.82. The van der Waals surface area contributed by atoms with Crippen LogP contribution in [0.5, 0.6) is 0 Å². The van der Waals surface area contributed by atoms with E-state index in [1.165, 1.54) is 32.7 Å². The number of H-pyrrole nitrogens is 1. The highest BCUT2D eigenvalue weighted by molar-refractivity contribution is 7.17. The molecule has 3 aromatic rings. The molecule has 0 unspecified atom stereocenters. The molecule has 0 atom stereocenters. The van der Waals surface area contributed by atoms with Gasteiger partial charge in [-0.25, -0.2) is 4.79 Å². The number of aromatic nitrogens is 2. The van der Waals surface area contributed by atoms with Crippen molar-refractivity contribution in [2.45, 2.75) is 46.1 Å². The Morgan fingerprint density at radius 3 is 2.47 bits per heavy atom. The molecule has 5 rings (SSSR count). The molecule has 2 aromatic heterocycles. The van der Waals surface area contributed by atoms with Crippen LogP contribution in [0, 0.1) is 25.7 Å². The Hall–Kier alpha value is -2.87. The molecule has 180 valence electrons. The molecule has 3 heterocycles. The number of nitrogens with one attached hydrogen (secondary N) is 1. The molecule has 7 nitrogen and oxygen atoms in total. The molecule has 2 aliphatic rings. The van der Waals surface area contributed by atoms with Crippen LogP contribution in [0.4, 0.5) is 5.69 Å². The van der Waals surface area contributed by atoms with Gasteiger partial charge >= 0.3 is 5.69 Å². The second-order valence-electron chi connectivity index (χ2n) is 9.83. The van der Waals surface area contributed by atoms with E-state index in [1.54, 1.807) is 6.07 Å². The second-order valence-corrected chi connectivity index (χ2v) is 10.7. The van der Waals surface area contributed by atoms with Crippen LogP contribution in [0.1, 0.15) is 36.8 Å². The zero-order chi connectivity index (χ0) is 23.8. The van der Waals surface area contributed by atoms with Crippen LogP contribution in [-0.4, -0.2) is 46.5 Å². The van der Waals surface area contributed by atoms with E-state index in [4.69, 9.17) is 0 Å². The molecule has 34 heavy (non-hydrogen) atoms. The fourth-order valence-corrected chi connectivity index (χ4v) is 6.37. The first-order valence-electron chi connectivity index (χ1n) is 12.2. The van der Waals surface area contributed by atoms with Crippen LogP contribution in [-0.2, 0) is 11.3 Å². The Morgan fingerprint density at radius 1 is 1.03 bits per heavy atom. The number of anilines is 1. The van der Waals surface area contributed by atoms with Crippen LogP contribution >= 0.6 is 11.3 Å². The fourth-order valence-electron chi connectivity index (χ4n) is 5.57. The number of nitrogens with zero attached hydrogens (tertiary/aromatic N) is 3. The molecule has 1 aliphatic heterocycles. The number of thiophene rings is 1. The van der Waals surface area contributed by atoms with Crippen molar-refractivity contribution >= 4 is 33.1 Å². The van der Waals surface area contributed by atoms with Gasteiger partial charge in [0, 0.05) is 44.3 Å². The van der Waals surface area contributed by atoms with E-state index in [9.17, 15) is 14.4 Å². The van der Waals surface area contributed by atoms with E-state index in [-0.39, 0.29) is 29.0 Å². The van der Waals surface area contributed by atoms with Gasteiger partial charge in [0.15, 0.2) is 0 Å². The molecule has 1 aromatic carbocycles. The van der Waals surface area contributed by atoms with E-state index in [0.717, 1.165) is 51.9 Å². The number of fused-ring (bicyclic) bond motifs is 1. The summed E-state index contributed by atoms with van der Waals surface area (Å²) in [6, 6.07) is 8.33. The molecule has 0 radical (unpaired) electrons. The number of carbonyl (C=O) groups excluding carboxylic acids is 1. The molecular weight excluding hydrogens is 448 g/mol. The minimum Gasteiger partial charge on any atom is -0.368 e. The predicted molar refractivity (Wildman–Crippen MR) is 137 cm³/mol. The molecule has 8 heteroatoms. The van der Waals surface area contributed by atoms with E-state index in [2.05, 4.69) is 41.9 Å². The van der Waals surface area contributed by atoms with Crippen molar-refractivity contribution < 1.29 is 4.79 Å². The van der Waals surface area contributed by atoms with E-state index in [1.807, 2.05) is 10.3 Å². The Labute approximate surface area is 203 Å². The molecule has 1 saturated heterocycles. The first-order chi connectivity index (χ1) is 16.4. The van der Waals surface area contributed by atoms with Gasteiger partial charge in [-0.05, 0) is 68.5 Å². The van der Waals surface area contributed by atoms with Gasteiger partial charge in [0.25, 0.3) is 5.56 Å². The molecule has 1 N–H and O–H groups in total. The first-order valence-corrected chi connectivity index (χ1v) is 13.1. The Morgan fingerprint density at radius 2 is 1.76 bits per heavy atom. The molecule has 2 fully saturated rings. The third-order valence-electron chi connectivity index (χ3n) is 7.51. The van der Waals surface area contributed by atoms with E-state index >= 15 is 0 Å². The highest BCUT2D eigenvalue weighted by Gasteiger charge is 2.31.